The number of hydrogen-bond acceptors (Lipinski definition) is 3. The van der Waals surface area contributed by atoms with Crippen molar-refractivity contribution in [2.75, 3.05) is 4.90 Å². The first kappa shape index (κ1) is 12.3. The van der Waals surface area contributed by atoms with Crippen LogP contribution in [0.4, 0.5) is 11.5 Å². The molecule has 0 saturated heterocycles. The molecule has 0 bridgehead atoms. The average molecular weight is 302 g/mol. The van der Waals surface area contributed by atoms with E-state index in [1.807, 2.05) is 18.2 Å². The zero-order chi connectivity index (χ0) is 15.7. The van der Waals surface area contributed by atoms with E-state index in [-0.39, 0.29) is 5.56 Å². The third-order valence-electron chi connectivity index (χ3n) is 4.55. The molecule has 5 heteroatoms. The predicted octanol–water partition coefficient (Wildman–Crippen LogP) is 2.22. The van der Waals surface area contributed by atoms with E-state index in [0.717, 1.165) is 5.56 Å². The van der Waals surface area contributed by atoms with Gasteiger partial charge < -0.3 is 0 Å². The Balaban J connectivity index is 2.01. The van der Waals surface area contributed by atoms with Gasteiger partial charge in [-0.2, -0.15) is 0 Å². The maximum atomic E-state index is 12.8. The highest BCUT2D eigenvalue weighted by atomic mass is 16.2. The lowest BCUT2D eigenvalue weighted by Crippen LogP contribution is -2.34. The molecule has 0 N–H and O–H groups in total. The molecule has 0 saturated carbocycles. The van der Waals surface area contributed by atoms with Crippen molar-refractivity contribution in [2.24, 2.45) is 0 Å². The molecule has 1 aromatic heterocycles. The Morgan fingerprint density at radius 2 is 1.52 bits per heavy atom. The van der Waals surface area contributed by atoms with E-state index >= 15 is 0 Å². The minimum Gasteiger partial charge on any atom is -0.288 e. The number of carbonyl (C=O) groups excluding carboxylic acids is 2. The first-order valence-electron chi connectivity index (χ1n) is 7.30. The Labute approximate surface area is 130 Å². The lowest BCUT2D eigenvalue weighted by Gasteiger charge is -2.28. The lowest BCUT2D eigenvalue weighted by atomic mass is 10.0. The average Bonchev–Trinajstić information content (AvgIpc) is 2.85. The first-order chi connectivity index (χ1) is 11.2. The highest BCUT2D eigenvalue weighted by Crippen LogP contribution is 2.42. The van der Waals surface area contributed by atoms with Gasteiger partial charge in [0.15, 0.2) is 0 Å². The fourth-order valence-electron chi connectivity index (χ4n) is 3.55. The van der Waals surface area contributed by atoms with E-state index in [4.69, 9.17) is 0 Å². The number of hydrogen-bond donors (Lipinski definition) is 0. The van der Waals surface area contributed by atoms with Crippen molar-refractivity contribution in [1.82, 2.24) is 4.57 Å². The summed E-state index contributed by atoms with van der Waals surface area (Å²) < 4.78 is 1.53. The van der Waals surface area contributed by atoms with Crippen LogP contribution in [0.2, 0.25) is 0 Å². The van der Waals surface area contributed by atoms with Gasteiger partial charge in [0.1, 0.15) is 5.82 Å². The number of aromatic nitrogens is 1. The zero-order valence-electron chi connectivity index (χ0n) is 11.9. The van der Waals surface area contributed by atoms with E-state index in [1.165, 1.54) is 9.47 Å². The summed E-state index contributed by atoms with van der Waals surface area (Å²) in [6, 6.07) is 14.3. The van der Waals surface area contributed by atoms with Gasteiger partial charge in [0.25, 0.3) is 11.3 Å². The fraction of sp³-hybridized carbons (Fsp3) is 0.0556. The Morgan fingerprint density at radius 3 is 2.35 bits per heavy atom. The quantitative estimate of drug-likeness (QED) is 0.598. The van der Waals surface area contributed by atoms with Crippen molar-refractivity contribution >= 4 is 34.0 Å². The largest absolute Gasteiger partial charge is 0.305 e. The number of anilines is 2. The topological polar surface area (TPSA) is 59.4 Å². The van der Waals surface area contributed by atoms with Crippen LogP contribution in [0.3, 0.4) is 0 Å². The molecule has 2 aliphatic heterocycles. The lowest BCUT2D eigenvalue weighted by molar-refractivity contribution is -0.113. The Morgan fingerprint density at radius 1 is 0.826 bits per heavy atom. The fourth-order valence-corrected chi connectivity index (χ4v) is 3.55. The summed E-state index contributed by atoms with van der Waals surface area (Å²) in [6.07, 6.45) is 0. The summed E-state index contributed by atoms with van der Waals surface area (Å²) in [7, 11) is 0. The molecule has 0 atom stereocenters. The van der Waals surface area contributed by atoms with E-state index in [2.05, 4.69) is 0 Å². The summed E-state index contributed by atoms with van der Waals surface area (Å²) in [5, 5.41) is 1.01. The third kappa shape index (κ3) is 1.34. The van der Waals surface area contributed by atoms with Crippen LogP contribution in [0.15, 0.2) is 53.3 Å². The van der Waals surface area contributed by atoms with E-state index < -0.39 is 11.7 Å². The number of carbonyl (C=O) groups is 2. The minimum absolute atomic E-state index is 0.179. The Bertz CT molecular complexity index is 1110. The zero-order valence-corrected chi connectivity index (χ0v) is 11.9. The van der Waals surface area contributed by atoms with Gasteiger partial charge in [0.2, 0.25) is 0 Å². The molecular weight excluding hydrogens is 292 g/mol. The van der Waals surface area contributed by atoms with E-state index in [0.29, 0.717) is 34.4 Å². The molecule has 23 heavy (non-hydrogen) atoms. The molecule has 5 rings (SSSR count). The van der Waals surface area contributed by atoms with Gasteiger partial charge in [-0.15, -0.1) is 0 Å². The predicted molar refractivity (Wildman–Crippen MR) is 85.2 cm³/mol. The maximum Gasteiger partial charge on any atom is 0.305 e. The van der Waals surface area contributed by atoms with Gasteiger partial charge >= 0.3 is 5.91 Å². The minimum atomic E-state index is -0.600. The van der Waals surface area contributed by atoms with Gasteiger partial charge in [-0.3, -0.25) is 23.9 Å². The second-order valence-corrected chi connectivity index (χ2v) is 5.73. The molecule has 2 aromatic carbocycles. The molecule has 2 aliphatic rings. The van der Waals surface area contributed by atoms with Crippen LogP contribution in [-0.4, -0.2) is 16.3 Å². The molecule has 3 heterocycles. The molecule has 110 valence electrons. The number of rotatable bonds is 0. The van der Waals surface area contributed by atoms with Crippen molar-refractivity contribution in [2.45, 2.75) is 6.54 Å². The summed E-state index contributed by atoms with van der Waals surface area (Å²) in [4.78, 5) is 39.3. The summed E-state index contributed by atoms with van der Waals surface area (Å²) >= 11 is 0. The van der Waals surface area contributed by atoms with E-state index in [9.17, 15) is 14.4 Å². The number of nitrogens with zero attached hydrogens (tertiary/aromatic N) is 2. The van der Waals surface area contributed by atoms with Crippen LogP contribution in [0.25, 0.3) is 10.8 Å². The van der Waals surface area contributed by atoms with Crippen LogP contribution in [0.5, 0.6) is 0 Å². The number of amides is 1. The van der Waals surface area contributed by atoms with Crippen LogP contribution < -0.4 is 10.5 Å². The first-order valence-corrected chi connectivity index (χ1v) is 7.30. The van der Waals surface area contributed by atoms with Crippen molar-refractivity contribution < 1.29 is 9.59 Å². The number of pyridine rings is 1. The molecule has 5 nitrogen and oxygen atoms in total. The summed E-state index contributed by atoms with van der Waals surface area (Å²) in [6.45, 7) is 0.360. The molecular formula is C18H10N2O3. The van der Waals surface area contributed by atoms with Gasteiger partial charge in [0.05, 0.1) is 17.8 Å². The highest BCUT2D eigenvalue weighted by molar-refractivity contribution is 6.55. The molecule has 0 fully saturated rings. The van der Waals surface area contributed by atoms with Gasteiger partial charge in [-0.1, -0.05) is 36.4 Å². The van der Waals surface area contributed by atoms with Gasteiger partial charge in [0, 0.05) is 10.8 Å². The standard InChI is InChI=1S/C18H10N2O3/c21-15-14-11-6-2-3-7-12(11)17(22)19-9-10-5-1-4-8-13(10)20(16(14)19)18(15)23/h1-8H,9H2. The second kappa shape index (κ2) is 3.95. The molecule has 0 spiro atoms. The van der Waals surface area contributed by atoms with Crippen molar-refractivity contribution in [3.8, 4) is 0 Å². The molecule has 0 aliphatic carbocycles. The Kier molecular flexibility index (Phi) is 2.12. The maximum absolute atomic E-state index is 12.8. The smallest absolute Gasteiger partial charge is 0.288 e. The van der Waals surface area contributed by atoms with Crippen LogP contribution in [0, 0.1) is 0 Å². The number of Topliss-reactive ketones (excluding diaryl/α,β-unsaturated/α-hetero) is 1. The summed E-state index contributed by atoms with van der Waals surface area (Å²) in [5.74, 6) is -0.749. The molecule has 1 amide bonds. The Hall–Kier alpha value is -3.21. The summed E-state index contributed by atoms with van der Waals surface area (Å²) in [5.41, 5.74) is 1.69. The van der Waals surface area contributed by atoms with Gasteiger partial charge in [-0.25, -0.2) is 0 Å². The SMILES string of the molecule is O=C1C(=O)N2c3ccccc3Cn3c2c1c1ccccc1c3=O. The molecule has 0 radical (unpaired) electrons. The number of fused-ring (bicyclic) bond motifs is 4. The third-order valence-corrected chi connectivity index (χ3v) is 4.55. The number of benzene rings is 2. The number of para-hydroxylation sites is 1. The van der Waals surface area contributed by atoms with E-state index in [1.54, 1.807) is 30.3 Å². The highest BCUT2D eigenvalue weighted by Gasteiger charge is 2.43. The normalized spacial score (nSPS) is 15.0. The van der Waals surface area contributed by atoms with Crippen molar-refractivity contribution in [3.63, 3.8) is 0 Å². The van der Waals surface area contributed by atoms with Crippen molar-refractivity contribution in [3.05, 3.63) is 70.0 Å². The number of ketones is 1. The van der Waals surface area contributed by atoms with Crippen LogP contribution >= 0.6 is 0 Å². The van der Waals surface area contributed by atoms with Gasteiger partial charge in [-0.05, 0) is 17.7 Å². The van der Waals surface area contributed by atoms with Crippen LogP contribution in [0.1, 0.15) is 15.9 Å². The second-order valence-electron chi connectivity index (χ2n) is 5.73. The van der Waals surface area contributed by atoms with Crippen molar-refractivity contribution in [1.29, 1.82) is 0 Å². The molecule has 0 unspecified atom stereocenters. The monoisotopic (exact) mass is 302 g/mol. The molecule has 3 aromatic rings. The van der Waals surface area contributed by atoms with Crippen LogP contribution in [-0.2, 0) is 11.3 Å².